The molecule has 1 heterocycles. The Labute approximate surface area is 214 Å². The maximum Gasteiger partial charge on any atom is 0.345 e. The SMILES string of the molecule is COc1ccc(/C=C2\SC(=O)N(Cc3ccc(F)cc3Cl)C2=O)cc1OC(=O)c1ccccc1Cl. The Bertz CT molecular complexity index is 1380. The second-order valence-corrected chi connectivity index (χ2v) is 9.09. The van der Waals surface area contributed by atoms with Crippen LogP contribution >= 0.6 is 35.0 Å². The van der Waals surface area contributed by atoms with Gasteiger partial charge in [-0.05, 0) is 65.4 Å². The second kappa shape index (κ2) is 10.5. The zero-order chi connectivity index (χ0) is 25.1. The average Bonchev–Trinajstić information content (AvgIpc) is 3.08. The van der Waals surface area contributed by atoms with E-state index < -0.39 is 22.9 Å². The lowest BCUT2D eigenvalue weighted by molar-refractivity contribution is -0.123. The number of methoxy groups -OCH3 is 1. The van der Waals surface area contributed by atoms with Crippen LogP contribution in [0.25, 0.3) is 6.08 Å². The van der Waals surface area contributed by atoms with Crippen LogP contribution in [0.3, 0.4) is 0 Å². The summed E-state index contributed by atoms with van der Waals surface area (Å²) in [6.07, 6.45) is 1.50. The second-order valence-electron chi connectivity index (χ2n) is 7.28. The largest absolute Gasteiger partial charge is 0.493 e. The van der Waals surface area contributed by atoms with E-state index in [4.69, 9.17) is 32.7 Å². The van der Waals surface area contributed by atoms with Crippen LogP contribution in [0, 0.1) is 5.82 Å². The van der Waals surface area contributed by atoms with Crippen LogP contribution in [0.5, 0.6) is 11.5 Å². The molecule has 0 unspecified atom stereocenters. The summed E-state index contributed by atoms with van der Waals surface area (Å²) in [5, 5.41) is -0.128. The number of esters is 1. The van der Waals surface area contributed by atoms with Crippen LogP contribution < -0.4 is 9.47 Å². The number of benzene rings is 3. The van der Waals surface area contributed by atoms with E-state index in [1.165, 1.54) is 37.5 Å². The van der Waals surface area contributed by atoms with E-state index in [2.05, 4.69) is 0 Å². The van der Waals surface area contributed by atoms with Gasteiger partial charge in [-0.1, -0.05) is 47.5 Å². The predicted octanol–water partition coefficient (Wildman–Crippen LogP) is 6.60. The fourth-order valence-electron chi connectivity index (χ4n) is 3.25. The highest BCUT2D eigenvalue weighted by molar-refractivity contribution is 8.18. The van der Waals surface area contributed by atoms with Gasteiger partial charge < -0.3 is 9.47 Å². The number of hydrogen-bond acceptors (Lipinski definition) is 6. The fourth-order valence-corrected chi connectivity index (χ4v) is 4.53. The lowest BCUT2D eigenvalue weighted by atomic mass is 10.1. The molecule has 3 aromatic rings. The van der Waals surface area contributed by atoms with Gasteiger partial charge in [-0.2, -0.15) is 0 Å². The fraction of sp³-hybridized carbons (Fsp3) is 0.0800. The number of halogens is 3. The highest BCUT2D eigenvalue weighted by atomic mass is 35.5. The van der Waals surface area contributed by atoms with Gasteiger partial charge in [0, 0.05) is 5.02 Å². The highest BCUT2D eigenvalue weighted by Gasteiger charge is 2.35. The Morgan fingerprint density at radius 2 is 1.80 bits per heavy atom. The topological polar surface area (TPSA) is 72.9 Å². The first-order valence-corrected chi connectivity index (χ1v) is 11.7. The van der Waals surface area contributed by atoms with Gasteiger partial charge in [-0.3, -0.25) is 14.5 Å². The number of carbonyl (C=O) groups is 3. The molecule has 2 amide bonds. The van der Waals surface area contributed by atoms with Gasteiger partial charge >= 0.3 is 5.97 Å². The highest BCUT2D eigenvalue weighted by Crippen LogP contribution is 2.36. The van der Waals surface area contributed by atoms with Crippen molar-refractivity contribution in [3.8, 4) is 11.5 Å². The van der Waals surface area contributed by atoms with Crippen molar-refractivity contribution < 1.29 is 28.2 Å². The molecule has 0 radical (unpaired) electrons. The molecule has 0 atom stereocenters. The summed E-state index contributed by atoms with van der Waals surface area (Å²) < 4.78 is 24.1. The Morgan fingerprint density at radius 3 is 2.51 bits per heavy atom. The summed E-state index contributed by atoms with van der Waals surface area (Å²) >= 11 is 12.9. The van der Waals surface area contributed by atoms with Gasteiger partial charge in [-0.25, -0.2) is 9.18 Å². The van der Waals surface area contributed by atoms with Crippen molar-refractivity contribution in [1.29, 1.82) is 0 Å². The van der Waals surface area contributed by atoms with Crippen molar-refractivity contribution in [2.45, 2.75) is 6.54 Å². The van der Waals surface area contributed by atoms with E-state index in [1.54, 1.807) is 30.3 Å². The molecule has 0 bridgehead atoms. The van der Waals surface area contributed by atoms with Crippen molar-refractivity contribution in [3.05, 3.63) is 98.1 Å². The quantitative estimate of drug-likeness (QED) is 0.203. The third-order valence-corrected chi connectivity index (χ3v) is 6.59. The molecule has 0 spiro atoms. The number of nitrogens with zero attached hydrogens (tertiary/aromatic N) is 1. The van der Waals surface area contributed by atoms with E-state index >= 15 is 0 Å². The van der Waals surface area contributed by atoms with Crippen molar-refractivity contribution >= 4 is 58.2 Å². The Kier molecular flexibility index (Phi) is 7.45. The van der Waals surface area contributed by atoms with Crippen molar-refractivity contribution in [2.24, 2.45) is 0 Å². The minimum Gasteiger partial charge on any atom is -0.493 e. The maximum atomic E-state index is 13.3. The van der Waals surface area contributed by atoms with Gasteiger partial charge in [0.05, 0.1) is 29.1 Å². The molecule has 3 aromatic carbocycles. The summed E-state index contributed by atoms with van der Waals surface area (Å²) in [7, 11) is 1.42. The molecule has 1 aliphatic heterocycles. The molecule has 0 saturated carbocycles. The summed E-state index contributed by atoms with van der Waals surface area (Å²) in [6, 6.07) is 14.9. The normalized spacial score (nSPS) is 14.5. The first-order chi connectivity index (χ1) is 16.8. The van der Waals surface area contributed by atoms with Gasteiger partial charge in [-0.15, -0.1) is 0 Å². The van der Waals surface area contributed by atoms with Crippen LogP contribution in [0.15, 0.2) is 65.6 Å². The third kappa shape index (κ3) is 5.51. The summed E-state index contributed by atoms with van der Waals surface area (Å²) in [5.74, 6) is -1.31. The van der Waals surface area contributed by atoms with Gasteiger partial charge in [0.2, 0.25) is 0 Å². The zero-order valence-corrected chi connectivity index (χ0v) is 20.4. The Balaban J connectivity index is 1.57. The molecule has 0 aliphatic carbocycles. The molecule has 10 heteroatoms. The van der Waals surface area contributed by atoms with Crippen molar-refractivity contribution in [1.82, 2.24) is 4.90 Å². The monoisotopic (exact) mass is 531 g/mol. The molecular weight excluding hydrogens is 516 g/mol. The number of hydrogen-bond donors (Lipinski definition) is 0. The van der Waals surface area contributed by atoms with E-state index in [1.807, 2.05) is 0 Å². The van der Waals surface area contributed by atoms with Crippen LogP contribution in [0.2, 0.25) is 10.0 Å². The molecule has 6 nitrogen and oxygen atoms in total. The maximum absolute atomic E-state index is 13.3. The molecule has 1 saturated heterocycles. The first-order valence-electron chi connectivity index (χ1n) is 10.1. The minimum atomic E-state index is -0.678. The molecular formula is C25H16Cl2FNO5S. The summed E-state index contributed by atoms with van der Waals surface area (Å²) in [4.78, 5) is 39.2. The molecule has 1 fully saturated rings. The molecule has 178 valence electrons. The van der Waals surface area contributed by atoms with Crippen LogP contribution in [0.1, 0.15) is 21.5 Å². The van der Waals surface area contributed by atoms with E-state index in [0.29, 0.717) is 16.9 Å². The van der Waals surface area contributed by atoms with Crippen LogP contribution in [-0.2, 0) is 11.3 Å². The molecule has 4 rings (SSSR count). The minimum absolute atomic E-state index is 0.0928. The van der Waals surface area contributed by atoms with Crippen molar-refractivity contribution in [2.75, 3.05) is 7.11 Å². The first kappa shape index (κ1) is 24.8. The van der Waals surface area contributed by atoms with Crippen LogP contribution in [-0.4, -0.2) is 29.1 Å². The summed E-state index contributed by atoms with van der Waals surface area (Å²) in [6.45, 7) is -0.0928. The Hall–Kier alpha value is -3.33. The number of rotatable bonds is 6. The lowest BCUT2D eigenvalue weighted by Crippen LogP contribution is -2.27. The third-order valence-electron chi connectivity index (χ3n) is 5.00. The molecule has 35 heavy (non-hydrogen) atoms. The van der Waals surface area contributed by atoms with E-state index in [9.17, 15) is 18.8 Å². The zero-order valence-electron chi connectivity index (χ0n) is 18.1. The number of imide groups is 1. The lowest BCUT2D eigenvalue weighted by Gasteiger charge is -2.13. The molecule has 1 aliphatic rings. The van der Waals surface area contributed by atoms with Gasteiger partial charge in [0.25, 0.3) is 11.1 Å². The number of ether oxygens (including phenoxy) is 2. The van der Waals surface area contributed by atoms with Crippen molar-refractivity contribution in [3.63, 3.8) is 0 Å². The van der Waals surface area contributed by atoms with E-state index in [0.717, 1.165) is 22.7 Å². The predicted molar refractivity (Wildman–Crippen MR) is 132 cm³/mol. The number of carbonyl (C=O) groups excluding carboxylic acids is 3. The van der Waals surface area contributed by atoms with Gasteiger partial charge in [0.1, 0.15) is 5.82 Å². The van der Waals surface area contributed by atoms with E-state index in [-0.39, 0.29) is 32.8 Å². The van der Waals surface area contributed by atoms with Gasteiger partial charge in [0.15, 0.2) is 11.5 Å². The average molecular weight is 532 g/mol. The smallest absolute Gasteiger partial charge is 0.345 e. The Morgan fingerprint density at radius 1 is 1.03 bits per heavy atom. The molecule has 0 N–H and O–H groups in total. The summed E-state index contributed by atoms with van der Waals surface area (Å²) in [5.41, 5.74) is 1.12. The molecule has 0 aromatic heterocycles. The number of amides is 2. The standard InChI is InChI=1S/C25H16Cl2FNO5S/c1-33-20-9-6-14(10-21(20)34-24(31)17-4-2-3-5-18(17)26)11-22-23(30)29(25(32)35-22)13-15-7-8-16(28)12-19(15)27/h2-12H,13H2,1H3/b22-11-. The number of thioether (sulfide) groups is 1. The van der Waals surface area contributed by atoms with Crippen LogP contribution in [0.4, 0.5) is 9.18 Å².